The third-order valence-electron chi connectivity index (χ3n) is 6.71. The third kappa shape index (κ3) is 2.78. The minimum absolute atomic E-state index is 0.00532. The fraction of sp³-hybridized carbons (Fsp3) is 0.800. The summed E-state index contributed by atoms with van der Waals surface area (Å²) in [5, 5.41) is 32.6. The van der Waals surface area contributed by atoms with Gasteiger partial charge in [0.15, 0.2) is 0 Å². The van der Waals surface area contributed by atoms with Gasteiger partial charge in [0, 0.05) is 11.8 Å². The smallest absolute Gasteiger partial charge is 0.114 e. The summed E-state index contributed by atoms with van der Waals surface area (Å²) in [6.07, 6.45) is 2.10. The Labute approximate surface area is 145 Å². The zero-order valence-electron chi connectivity index (χ0n) is 15.3. The van der Waals surface area contributed by atoms with Gasteiger partial charge in [-0.15, -0.1) is 0 Å². The van der Waals surface area contributed by atoms with Gasteiger partial charge in [-0.05, 0) is 51.9 Å². The predicted molar refractivity (Wildman–Crippen MR) is 93.4 cm³/mol. The van der Waals surface area contributed by atoms with Crippen LogP contribution in [-0.4, -0.2) is 45.3 Å². The summed E-state index contributed by atoms with van der Waals surface area (Å²) in [5.74, 6) is 0.348. The lowest BCUT2D eigenvalue weighted by atomic mass is 9.60. The summed E-state index contributed by atoms with van der Waals surface area (Å²) in [5.41, 5.74) is 0.883. The quantitative estimate of drug-likeness (QED) is 0.643. The van der Waals surface area contributed by atoms with Gasteiger partial charge in [-0.3, -0.25) is 0 Å². The highest BCUT2D eigenvalue weighted by molar-refractivity contribution is 5.17. The summed E-state index contributed by atoms with van der Waals surface area (Å²) < 4.78 is 6.33. The SMILES string of the molecule is C=C(C)[C@H]1C[C@H](C)[C@H](O)[C@H]2[C@@H]1[C@H]1O[C@@H]2C/C(C)=C\C[C@H](O)[C@@]1(C)O. The molecule has 2 heterocycles. The minimum Gasteiger partial charge on any atom is -0.392 e. The first kappa shape index (κ1) is 18.1. The topological polar surface area (TPSA) is 69.9 Å². The Hall–Kier alpha value is -0.680. The van der Waals surface area contributed by atoms with Crippen molar-refractivity contribution in [1.29, 1.82) is 0 Å². The van der Waals surface area contributed by atoms with Gasteiger partial charge in [-0.2, -0.15) is 0 Å². The highest BCUT2D eigenvalue weighted by Crippen LogP contribution is 2.54. The lowest BCUT2D eigenvalue weighted by Gasteiger charge is -2.46. The molecule has 9 atom stereocenters. The van der Waals surface area contributed by atoms with E-state index in [9.17, 15) is 15.3 Å². The van der Waals surface area contributed by atoms with Crippen molar-refractivity contribution in [3.05, 3.63) is 23.8 Å². The van der Waals surface area contributed by atoms with Crippen LogP contribution in [0.2, 0.25) is 0 Å². The van der Waals surface area contributed by atoms with Crippen molar-refractivity contribution >= 4 is 0 Å². The van der Waals surface area contributed by atoms with Crippen LogP contribution in [0, 0.1) is 23.7 Å². The number of ether oxygens (including phenoxy) is 1. The Kier molecular flexibility index (Phi) is 4.71. The molecule has 0 aromatic heterocycles. The Balaban J connectivity index is 2.08. The molecule has 1 saturated carbocycles. The highest BCUT2D eigenvalue weighted by atomic mass is 16.5. The van der Waals surface area contributed by atoms with Crippen molar-refractivity contribution < 1.29 is 20.1 Å². The van der Waals surface area contributed by atoms with Crippen LogP contribution in [0.5, 0.6) is 0 Å². The molecule has 3 N–H and O–H groups in total. The highest BCUT2D eigenvalue weighted by Gasteiger charge is 2.60. The summed E-state index contributed by atoms with van der Waals surface area (Å²) in [4.78, 5) is 0. The molecule has 3 aliphatic rings. The molecule has 2 aliphatic heterocycles. The average molecular weight is 336 g/mol. The zero-order valence-corrected chi connectivity index (χ0v) is 15.3. The molecule has 0 aromatic carbocycles. The Bertz CT molecular complexity index is 538. The number of aliphatic hydroxyl groups excluding tert-OH is 2. The van der Waals surface area contributed by atoms with Crippen LogP contribution >= 0.6 is 0 Å². The van der Waals surface area contributed by atoms with Crippen molar-refractivity contribution in [3.8, 4) is 0 Å². The second kappa shape index (κ2) is 6.24. The number of rotatable bonds is 1. The van der Waals surface area contributed by atoms with E-state index in [0.29, 0.717) is 6.42 Å². The fourth-order valence-corrected chi connectivity index (χ4v) is 5.21. The number of fused-ring (bicyclic) bond motifs is 5. The van der Waals surface area contributed by atoms with Crippen LogP contribution in [0.1, 0.15) is 47.0 Å². The number of allylic oxidation sites excluding steroid dienone is 1. The summed E-state index contributed by atoms with van der Waals surface area (Å²) in [6.45, 7) is 12.0. The largest absolute Gasteiger partial charge is 0.392 e. The molecule has 1 aliphatic carbocycles. The van der Waals surface area contributed by atoms with E-state index in [-0.39, 0.29) is 29.8 Å². The molecule has 4 heteroatoms. The maximum atomic E-state index is 11.1. The van der Waals surface area contributed by atoms with E-state index < -0.39 is 23.9 Å². The summed E-state index contributed by atoms with van der Waals surface area (Å²) >= 11 is 0. The van der Waals surface area contributed by atoms with Crippen molar-refractivity contribution in [2.45, 2.75) is 77.0 Å². The first-order chi connectivity index (χ1) is 11.1. The normalized spacial score (nSPS) is 54.0. The Morgan fingerprint density at radius 1 is 1.33 bits per heavy atom. The average Bonchev–Trinajstić information content (AvgIpc) is 2.88. The molecule has 136 valence electrons. The molecule has 2 fully saturated rings. The molecular formula is C20H32O4. The Morgan fingerprint density at radius 2 is 2.00 bits per heavy atom. The van der Waals surface area contributed by atoms with Gasteiger partial charge in [0.1, 0.15) is 5.60 Å². The second-order valence-electron chi connectivity index (χ2n) is 8.64. The van der Waals surface area contributed by atoms with Crippen LogP contribution in [-0.2, 0) is 4.74 Å². The number of hydrogen-bond acceptors (Lipinski definition) is 4. The third-order valence-corrected chi connectivity index (χ3v) is 6.71. The molecule has 0 spiro atoms. The van der Waals surface area contributed by atoms with E-state index >= 15 is 0 Å². The van der Waals surface area contributed by atoms with E-state index in [1.165, 1.54) is 0 Å². The van der Waals surface area contributed by atoms with Crippen molar-refractivity contribution in [2.75, 3.05) is 0 Å². The fourth-order valence-electron chi connectivity index (χ4n) is 5.21. The van der Waals surface area contributed by atoms with Gasteiger partial charge >= 0.3 is 0 Å². The standard InChI is InChI=1S/C20H32O4/c1-10(2)13-9-12(4)18(22)17-14-8-11(3)6-7-15(21)20(5,23)19(24-14)16(13)17/h6,12-19,21-23H,1,7-9H2,2-5H3/b11-6-/t12-,13+,14+,15-,16+,17+,18-,19+,20+/m0/s1. The number of hydrogen-bond donors (Lipinski definition) is 3. The number of aliphatic hydroxyl groups is 3. The van der Waals surface area contributed by atoms with Crippen LogP contribution in [0.3, 0.4) is 0 Å². The maximum Gasteiger partial charge on any atom is 0.114 e. The van der Waals surface area contributed by atoms with E-state index in [4.69, 9.17) is 4.74 Å². The van der Waals surface area contributed by atoms with Gasteiger partial charge < -0.3 is 20.1 Å². The van der Waals surface area contributed by atoms with Gasteiger partial charge in [0.05, 0.1) is 24.4 Å². The predicted octanol–water partition coefficient (Wildman–Crippen LogP) is 2.43. The van der Waals surface area contributed by atoms with Crippen LogP contribution in [0.4, 0.5) is 0 Å². The van der Waals surface area contributed by atoms with E-state index in [0.717, 1.165) is 24.0 Å². The molecule has 0 unspecified atom stereocenters. The molecule has 1 saturated heterocycles. The first-order valence-electron chi connectivity index (χ1n) is 9.19. The van der Waals surface area contributed by atoms with Gasteiger partial charge in [-0.1, -0.05) is 30.7 Å². The lowest BCUT2D eigenvalue weighted by molar-refractivity contribution is -0.162. The maximum absolute atomic E-state index is 11.1. The van der Waals surface area contributed by atoms with E-state index in [1.54, 1.807) is 6.92 Å². The van der Waals surface area contributed by atoms with Gasteiger partial charge in [0.25, 0.3) is 0 Å². The molecule has 0 radical (unpaired) electrons. The summed E-state index contributed by atoms with van der Waals surface area (Å²) in [7, 11) is 0. The van der Waals surface area contributed by atoms with Gasteiger partial charge in [0.2, 0.25) is 0 Å². The lowest BCUT2D eigenvalue weighted by Crippen LogP contribution is -2.56. The molecule has 2 bridgehead atoms. The zero-order chi connectivity index (χ0) is 17.8. The van der Waals surface area contributed by atoms with Crippen molar-refractivity contribution in [2.24, 2.45) is 23.7 Å². The summed E-state index contributed by atoms with van der Waals surface area (Å²) in [6, 6.07) is 0. The molecule has 4 nitrogen and oxygen atoms in total. The first-order valence-corrected chi connectivity index (χ1v) is 9.19. The Morgan fingerprint density at radius 3 is 2.62 bits per heavy atom. The monoisotopic (exact) mass is 336 g/mol. The van der Waals surface area contributed by atoms with Crippen LogP contribution in [0.15, 0.2) is 23.8 Å². The minimum atomic E-state index is -1.34. The molecule has 0 amide bonds. The second-order valence-corrected chi connectivity index (χ2v) is 8.64. The van der Waals surface area contributed by atoms with Gasteiger partial charge in [-0.25, -0.2) is 0 Å². The molecule has 3 rings (SSSR count). The van der Waals surface area contributed by atoms with Crippen molar-refractivity contribution in [3.63, 3.8) is 0 Å². The van der Waals surface area contributed by atoms with E-state index in [2.05, 4.69) is 13.5 Å². The van der Waals surface area contributed by atoms with Crippen LogP contribution in [0.25, 0.3) is 0 Å². The molecule has 24 heavy (non-hydrogen) atoms. The van der Waals surface area contributed by atoms with Crippen molar-refractivity contribution in [1.82, 2.24) is 0 Å². The van der Waals surface area contributed by atoms with Crippen LogP contribution < -0.4 is 0 Å². The molecular weight excluding hydrogens is 304 g/mol. The van der Waals surface area contributed by atoms with E-state index in [1.807, 2.05) is 19.9 Å². The molecule has 0 aromatic rings.